The fraction of sp³-hybridized carbons (Fsp3) is 0.125. The Balaban J connectivity index is 1.92. The van der Waals surface area contributed by atoms with E-state index >= 15 is 0 Å². The van der Waals surface area contributed by atoms with Crippen LogP contribution in [0.15, 0.2) is 53.4 Å². The van der Waals surface area contributed by atoms with E-state index in [1.165, 1.54) is 42.5 Å². The molecule has 1 amide bonds. The first-order chi connectivity index (χ1) is 11.8. The minimum absolute atomic E-state index is 0.000390. The van der Waals surface area contributed by atoms with E-state index in [0.717, 1.165) is 0 Å². The number of benzene rings is 2. The molecule has 0 bridgehead atoms. The van der Waals surface area contributed by atoms with Gasteiger partial charge in [-0.15, -0.1) is 0 Å². The second-order valence-corrected chi connectivity index (χ2v) is 7.16. The highest BCUT2D eigenvalue weighted by molar-refractivity contribution is 7.89. The summed E-state index contributed by atoms with van der Waals surface area (Å²) in [6.45, 7) is -0.0501. The molecule has 25 heavy (non-hydrogen) atoms. The third kappa shape index (κ3) is 5.02. The molecule has 0 atom stereocenters. The molecule has 2 aromatic rings. The van der Waals surface area contributed by atoms with Gasteiger partial charge < -0.3 is 10.4 Å². The van der Waals surface area contributed by atoms with Gasteiger partial charge in [-0.2, -0.15) is 0 Å². The van der Waals surface area contributed by atoms with E-state index in [1.54, 1.807) is 6.07 Å². The Bertz CT molecular complexity index is 882. The van der Waals surface area contributed by atoms with Gasteiger partial charge in [-0.05, 0) is 36.4 Å². The number of halogens is 1. The van der Waals surface area contributed by atoms with Gasteiger partial charge in [0.05, 0.1) is 16.0 Å². The van der Waals surface area contributed by atoms with Gasteiger partial charge in [0.15, 0.2) is 0 Å². The molecule has 7 nitrogen and oxygen atoms in total. The van der Waals surface area contributed by atoms with Gasteiger partial charge in [-0.3, -0.25) is 4.79 Å². The number of nitrogens with one attached hydrogen (secondary N) is 2. The van der Waals surface area contributed by atoms with Crippen LogP contribution in [0.1, 0.15) is 20.7 Å². The van der Waals surface area contributed by atoms with Gasteiger partial charge in [0.25, 0.3) is 5.91 Å². The molecule has 0 fully saturated rings. The summed E-state index contributed by atoms with van der Waals surface area (Å²) in [5.74, 6) is -1.81. The average molecular weight is 383 g/mol. The van der Waals surface area contributed by atoms with Crippen LogP contribution in [0.4, 0.5) is 0 Å². The maximum Gasteiger partial charge on any atom is 0.336 e. The number of hydrogen-bond acceptors (Lipinski definition) is 4. The Morgan fingerprint density at radius 2 is 1.56 bits per heavy atom. The number of rotatable bonds is 7. The summed E-state index contributed by atoms with van der Waals surface area (Å²) >= 11 is 5.71. The minimum Gasteiger partial charge on any atom is -0.478 e. The summed E-state index contributed by atoms with van der Waals surface area (Å²) < 4.78 is 26.5. The third-order valence-corrected chi connectivity index (χ3v) is 4.96. The van der Waals surface area contributed by atoms with Crippen molar-refractivity contribution in [2.24, 2.45) is 0 Å². The van der Waals surface area contributed by atoms with Gasteiger partial charge in [0.1, 0.15) is 0 Å². The van der Waals surface area contributed by atoms with E-state index in [9.17, 15) is 18.0 Å². The fourth-order valence-electron chi connectivity index (χ4n) is 2.02. The lowest BCUT2D eigenvalue weighted by atomic mass is 10.1. The van der Waals surface area contributed by atoms with Crippen molar-refractivity contribution in [2.75, 3.05) is 13.1 Å². The van der Waals surface area contributed by atoms with Crippen LogP contribution in [0.5, 0.6) is 0 Å². The van der Waals surface area contributed by atoms with Crippen LogP contribution in [0, 0.1) is 0 Å². The summed E-state index contributed by atoms with van der Waals surface area (Å²) in [4.78, 5) is 23.2. The molecule has 132 valence electrons. The van der Waals surface area contributed by atoms with Gasteiger partial charge in [-0.1, -0.05) is 23.7 Å². The summed E-state index contributed by atoms with van der Waals surface area (Å²) in [5.41, 5.74) is -0.114. The molecule has 2 aromatic carbocycles. The zero-order valence-corrected chi connectivity index (χ0v) is 14.5. The van der Waals surface area contributed by atoms with Crippen LogP contribution in [0.25, 0.3) is 0 Å². The van der Waals surface area contributed by atoms with Crippen LogP contribution >= 0.6 is 11.6 Å². The summed E-state index contributed by atoms with van der Waals surface area (Å²) in [7, 11) is -3.72. The number of carbonyl (C=O) groups is 2. The molecular formula is C16H15ClN2O5S. The van der Waals surface area contributed by atoms with Crippen molar-refractivity contribution in [3.8, 4) is 0 Å². The van der Waals surface area contributed by atoms with Crippen LogP contribution in [0.2, 0.25) is 5.02 Å². The lowest BCUT2D eigenvalue weighted by Crippen LogP contribution is -2.35. The molecule has 9 heteroatoms. The fourth-order valence-corrected chi connectivity index (χ4v) is 3.18. The number of amides is 1. The highest BCUT2D eigenvalue weighted by Gasteiger charge is 2.16. The van der Waals surface area contributed by atoms with Crippen molar-refractivity contribution in [3.63, 3.8) is 0 Å². The van der Waals surface area contributed by atoms with E-state index in [2.05, 4.69) is 10.0 Å². The first kappa shape index (κ1) is 18.9. The third-order valence-electron chi connectivity index (χ3n) is 3.23. The smallest absolute Gasteiger partial charge is 0.336 e. The van der Waals surface area contributed by atoms with E-state index in [-0.39, 0.29) is 29.1 Å². The predicted molar refractivity (Wildman–Crippen MR) is 92.4 cm³/mol. The Hall–Kier alpha value is -2.42. The Kier molecular flexibility index (Phi) is 6.13. The first-order valence-electron chi connectivity index (χ1n) is 7.17. The molecule has 0 unspecified atom stereocenters. The highest BCUT2D eigenvalue weighted by atomic mass is 35.5. The monoisotopic (exact) mass is 382 g/mol. The zero-order chi connectivity index (χ0) is 18.4. The summed E-state index contributed by atoms with van der Waals surface area (Å²) in [5, 5.41) is 12.0. The Morgan fingerprint density at radius 3 is 2.16 bits per heavy atom. The number of carboxylic acid groups (broad SMARTS) is 1. The second-order valence-electron chi connectivity index (χ2n) is 4.96. The molecule has 0 saturated carbocycles. The van der Waals surface area contributed by atoms with E-state index < -0.39 is 21.9 Å². The number of sulfonamides is 1. The van der Waals surface area contributed by atoms with Gasteiger partial charge in [0.2, 0.25) is 10.0 Å². The molecule has 0 aliphatic carbocycles. The van der Waals surface area contributed by atoms with Crippen LogP contribution < -0.4 is 10.0 Å². The molecule has 0 radical (unpaired) electrons. The highest BCUT2D eigenvalue weighted by Crippen LogP contribution is 2.13. The molecule has 0 aromatic heterocycles. The van der Waals surface area contributed by atoms with Crippen LogP contribution in [-0.4, -0.2) is 38.5 Å². The minimum atomic E-state index is -3.72. The predicted octanol–water partition coefficient (Wildman–Crippen LogP) is 1.75. The van der Waals surface area contributed by atoms with Gasteiger partial charge in [-0.25, -0.2) is 17.9 Å². The van der Waals surface area contributed by atoms with Crippen molar-refractivity contribution in [1.29, 1.82) is 0 Å². The van der Waals surface area contributed by atoms with Crippen molar-refractivity contribution in [2.45, 2.75) is 4.90 Å². The number of aromatic carboxylic acids is 1. The lowest BCUT2D eigenvalue weighted by Gasteiger charge is -2.09. The molecule has 0 heterocycles. The van der Waals surface area contributed by atoms with E-state index in [1.807, 2.05) is 0 Å². The molecule has 3 N–H and O–H groups in total. The standard InChI is InChI=1S/C16H15ClN2O5S/c17-11-5-7-12(8-6-11)25(23,24)19-10-9-18-15(20)13-3-1-2-4-14(13)16(21)22/h1-8,19H,9-10H2,(H,18,20)(H,21,22). The summed E-state index contributed by atoms with van der Waals surface area (Å²) in [6.07, 6.45) is 0. The van der Waals surface area contributed by atoms with Crippen molar-refractivity contribution in [1.82, 2.24) is 10.0 Å². The molecule has 0 aliphatic rings. The Morgan fingerprint density at radius 1 is 0.960 bits per heavy atom. The quantitative estimate of drug-likeness (QED) is 0.631. The average Bonchev–Trinajstić information content (AvgIpc) is 2.59. The molecule has 2 rings (SSSR count). The molecule has 0 saturated heterocycles. The Labute approximate surface area is 149 Å². The maximum absolute atomic E-state index is 12.1. The molecule has 0 spiro atoms. The maximum atomic E-state index is 12.1. The lowest BCUT2D eigenvalue weighted by molar-refractivity contribution is 0.0691. The number of carboxylic acids is 1. The summed E-state index contributed by atoms with van der Waals surface area (Å²) in [6, 6.07) is 11.4. The van der Waals surface area contributed by atoms with Crippen molar-refractivity contribution < 1.29 is 23.1 Å². The second kappa shape index (κ2) is 8.11. The van der Waals surface area contributed by atoms with E-state index in [0.29, 0.717) is 5.02 Å². The first-order valence-corrected chi connectivity index (χ1v) is 9.03. The topological polar surface area (TPSA) is 113 Å². The van der Waals surface area contributed by atoms with Gasteiger partial charge >= 0.3 is 5.97 Å². The number of hydrogen-bond donors (Lipinski definition) is 3. The molecule has 0 aliphatic heterocycles. The van der Waals surface area contributed by atoms with Crippen LogP contribution in [0.3, 0.4) is 0 Å². The molecular weight excluding hydrogens is 368 g/mol. The van der Waals surface area contributed by atoms with Gasteiger partial charge in [0, 0.05) is 18.1 Å². The van der Waals surface area contributed by atoms with Crippen molar-refractivity contribution in [3.05, 3.63) is 64.7 Å². The van der Waals surface area contributed by atoms with Crippen LogP contribution in [-0.2, 0) is 10.0 Å². The SMILES string of the molecule is O=C(O)c1ccccc1C(=O)NCCNS(=O)(=O)c1ccc(Cl)cc1. The number of carbonyl (C=O) groups excluding carboxylic acids is 1. The normalized spacial score (nSPS) is 11.1. The van der Waals surface area contributed by atoms with Crippen molar-refractivity contribution >= 4 is 33.5 Å². The van der Waals surface area contributed by atoms with E-state index in [4.69, 9.17) is 16.7 Å². The largest absolute Gasteiger partial charge is 0.478 e. The zero-order valence-electron chi connectivity index (χ0n) is 12.9.